The highest BCUT2D eigenvalue weighted by Crippen LogP contribution is 2.24. The zero-order chi connectivity index (χ0) is 9.84. The normalized spacial score (nSPS) is 12.8. The van der Waals surface area contributed by atoms with Crippen molar-refractivity contribution in [2.75, 3.05) is 7.11 Å². The van der Waals surface area contributed by atoms with Crippen LogP contribution in [0.2, 0.25) is 0 Å². The zero-order valence-electron chi connectivity index (χ0n) is 7.61. The first-order valence-electron chi connectivity index (χ1n) is 3.95. The molecule has 0 aliphatic rings. The molecule has 13 heavy (non-hydrogen) atoms. The average molecular weight is 183 g/mol. The second-order valence-electron chi connectivity index (χ2n) is 2.83. The molecule has 0 bridgehead atoms. The molecule has 0 fully saturated rings. The molecule has 72 valence electrons. The van der Waals surface area contributed by atoms with Gasteiger partial charge in [-0.25, -0.2) is 0 Å². The van der Waals surface area contributed by atoms with Crippen LogP contribution in [-0.4, -0.2) is 17.3 Å². The minimum atomic E-state index is -0.0806. The van der Waals surface area contributed by atoms with Crippen molar-refractivity contribution in [3.8, 4) is 11.5 Å². The molecule has 0 radical (unpaired) electrons. The number of nitrogens with one attached hydrogen (secondary N) is 1. The lowest BCUT2D eigenvalue weighted by atomic mass is 10.1. The maximum Gasteiger partial charge on any atom is 0.119 e. The Hall–Kier alpha value is -1.26. The second kappa shape index (κ2) is 4.11. The molecular formula is C9H13NO3. The summed E-state index contributed by atoms with van der Waals surface area (Å²) in [5.41, 5.74) is 3.46. The maximum absolute atomic E-state index is 9.18. The third-order valence-corrected chi connectivity index (χ3v) is 1.72. The van der Waals surface area contributed by atoms with Gasteiger partial charge in [-0.1, -0.05) is 0 Å². The molecule has 0 aromatic heterocycles. The lowest BCUT2D eigenvalue weighted by molar-refractivity contribution is 0.0657. The fourth-order valence-corrected chi connectivity index (χ4v) is 1.11. The van der Waals surface area contributed by atoms with Gasteiger partial charge >= 0.3 is 0 Å². The summed E-state index contributed by atoms with van der Waals surface area (Å²) in [6.07, 6.45) is 0. The predicted octanol–water partition coefficient (Wildman–Crippen LogP) is 1.31. The molecule has 1 rings (SSSR count). The molecule has 1 unspecified atom stereocenters. The van der Waals surface area contributed by atoms with Gasteiger partial charge in [0.2, 0.25) is 0 Å². The average Bonchev–Trinajstić information content (AvgIpc) is 2.03. The number of benzene rings is 1. The molecule has 0 heterocycles. The van der Waals surface area contributed by atoms with E-state index in [9.17, 15) is 10.2 Å². The van der Waals surface area contributed by atoms with E-state index in [1.807, 2.05) is 6.92 Å². The molecule has 0 spiro atoms. The van der Waals surface area contributed by atoms with E-state index in [1.54, 1.807) is 12.1 Å². The highest BCUT2D eigenvalue weighted by atomic mass is 16.6. The molecule has 1 atom stereocenters. The van der Waals surface area contributed by atoms with Crippen molar-refractivity contribution in [2.24, 2.45) is 0 Å². The standard InChI is InChI=1S/C9H13NO3/c1-6(10-13-2)7-3-8(11)5-9(12)4-7/h3-6,10-12H,1-2H3. The quantitative estimate of drug-likeness (QED) is 0.618. The van der Waals surface area contributed by atoms with Crippen molar-refractivity contribution in [1.29, 1.82) is 0 Å². The Labute approximate surface area is 76.7 Å². The van der Waals surface area contributed by atoms with Gasteiger partial charge in [0.05, 0.1) is 13.2 Å². The molecule has 0 amide bonds. The lowest BCUT2D eigenvalue weighted by Crippen LogP contribution is -2.16. The number of phenolic OH excluding ortho intramolecular Hbond substituents is 2. The van der Waals surface area contributed by atoms with E-state index in [4.69, 9.17) is 4.84 Å². The summed E-state index contributed by atoms with van der Waals surface area (Å²) in [7, 11) is 1.51. The van der Waals surface area contributed by atoms with Crippen molar-refractivity contribution < 1.29 is 15.1 Å². The monoisotopic (exact) mass is 183 g/mol. The summed E-state index contributed by atoms with van der Waals surface area (Å²) in [5.74, 6) is 0.0829. The van der Waals surface area contributed by atoms with Crippen molar-refractivity contribution >= 4 is 0 Å². The maximum atomic E-state index is 9.18. The van der Waals surface area contributed by atoms with Crippen molar-refractivity contribution in [3.05, 3.63) is 23.8 Å². The van der Waals surface area contributed by atoms with Gasteiger partial charge in [-0.05, 0) is 24.6 Å². The fourth-order valence-electron chi connectivity index (χ4n) is 1.11. The molecule has 1 aromatic rings. The van der Waals surface area contributed by atoms with Crippen LogP contribution in [0.15, 0.2) is 18.2 Å². The Balaban J connectivity index is 2.87. The van der Waals surface area contributed by atoms with Crippen LogP contribution >= 0.6 is 0 Å². The summed E-state index contributed by atoms with van der Waals surface area (Å²) >= 11 is 0. The third kappa shape index (κ3) is 2.61. The lowest BCUT2D eigenvalue weighted by Gasteiger charge is -2.12. The first-order chi connectivity index (χ1) is 6.13. The Morgan fingerprint density at radius 2 is 1.77 bits per heavy atom. The van der Waals surface area contributed by atoms with Crippen LogP contribution in [0.5, 0.6) is 11.5 Å². The minimum absolute atomic E-state index is 0.0414. The van der Waals surface area contributed by atoms with Crippen LogP contribution in [-0.2, 0) is 4.84 Å². The van der Waals surface area contributed by atoms with Crippen LogP contribution in [0, 0.1) is 0 Å². The topological polar surface area (TPSA) is 61.7 Å². The van der Waals surface area contributed by atoms with Gasteiger partial charge in [-0.3, -0.25) is 0 Å². The SMILES string of the molecule is CONC(C)c1cc(O)cc(O)c1. The van der Waals surface area contributed by atoms with E-state index >= 15 is 0 Å². The van der Waals surface area contributed by atoms with E-state index in [2.05, 4.69) is 5.48 Å². The van der Waals surface area contributed by atoms with Crippen molar-refractivity contribution in [1.82, 2.24) is 5.48 Å². The summed E-state index contributed by atoms with van der Waals surface area (Å²) in [4.78, 5) is 4.72. The summed E-state index contributed by atoms with van der Waals surface area (Å²) in [6, 6.07) is 4.33. The number of aromatic hydroxyl groups is 2. The minimum Gasteiger partial charge on any atom is -0.508 e. The smallest absolute Gasteiger partial charge is 0.119 e. The number of rotatable bonds is 3. The molecule has 0 saturated heterocycles. The van der Waals surface area contributed by atoms with Crippen LogP contribution in [0.25, 0.3) is 0 Å². The number of phenols is 2. The van der Waals surface area contributed by atoms with Gasteiger partial charge in [0.25, 0.3) is 0 Å². The van der Waals surface area contributed by atoms with E-state index in [0.717, 1.165) is 5.56 Å². The Kier molecular flexibility index (Phi) is 3.11. The molecule has 0 saturated carbocycles. The number of hydroxylamine groups is 1. The van der Waals surface area contributed by atoms with Gasteiger partial charge in [0, 0.05) is 6.07 Å². The highest BCUT2D eigenvalue weighted by Gasteiger charge is 2.06. The van der Waals surface area contributed by atoms with E-state index in [0.29, 0.717) is 0 Å². The highest BCUT2D eigenvalue weighted by molar-refractivity contribution is 5.37. The van der Waals surface area contributed by atoms with Crippen LogP contribution in [0.1, 0.15) is 18.5 Å². The van der Waals surface area contributed by atoms with Gasteiger partial charge in [0.15, 0.2) is 0 Å². The second-order valence-corrected chi connectivity index (χ2v) is 2.83. The van der Waals surface area contributed by atoms with Crippen LogP contribution < -0.4 is 5.48 Å². The van der Waals surface area contributed by atoms with Crippen LogP contribution in [0.4, 0.5) is 0 Å². The fraction of sp³-hybridized carbons (Fsp3) is 0.333. The summed E-state index contributed by atoms with van der Waals surface area (Å²) in [6.45, 7) is 1.86. The number of hydrogen-bond acceptors (Lipinski definition) is 4. The molecule has 0 aliphatic carbocycles. The molecule has 4 heteroatoms. The predicted molar refractivity (Wildman–Crippen MR) is 48.3 cm³/mol. The number of hydrogen-bond donors (Lipinski definition) is 3. The largest absolute Gasteiger partial charge is 0.508 e. The van der Waals surface area contributed by atoms with E-state index < -0.39 is 0 Å². The molecular weight excluding hydrogens is 170 g/mol. The van der Waals surface area contributed by atoms with Gasteiger partial charge in [0.1, 0.15) is 11.5 Å². The molecule has 0 aliphatic heterocycles. The zero-order valence-corrected chi connectivity index (χ0v) is 7.61. The first kappa shape index (κ1) is 9.83. The van der Waals surface area contributed by atoms with Gasteiger partial charge < -0.3 is 15.1 Å². The summed E-state index contributed by atoms with van der Waals surface area (Å²) < 4.78 is 0. The Morgan fingerprint density at radius 3 is 2.23 bits per heavy atom. The molecule has 1 aromatic carbocycles. The van der Waals surface area contributed by atoms with E-state index in [1.165, 1.54) is 13.2 Å². The van der Waals surface area contributed by atoms with Gasteiger partial charge in [-0.2, -0.15) is 5.48 Å². The third-order valence-electron chi connectivity index (χ3n) is 1.72. The Morgan fingerprint density at radius 1 is 1.23 bits per heavy atom. The molecule has 4 nitrogen and oxygen atoms in total. The van der Waals surface area contributed by atoms with Crippen molar-refractivity contribution in [3.63, 3.8) is 0 Å². The van der Waals surface area contributed by atoms with Crippen LogP contribution in [0.3, 0.4) is 0 Å². The molecule has 3 N–H and O–H groups in total. The van der Waals surface area contributed by atoms with Crippen molar-refractivity contribution in [2.45, 2.75) is 13.0 Å². The first-order valence-corrected chi connectivity index (χ1v) is 3.95. The Bertz CT molecular complexity index is 268. The summed E-state index contributed by atoms with van der Waals surface area (Å²) in [5, 5.41) is 18.4. The van der Waals surface area contributed by atoms with E-state index in [-0.39, 0.29) is 17.5 Å². The van der Waals surface area contributed by atoms with Gasteiger partial charge in [-0.15, -0.1) is 0 Å².